The number of carbonyl (C=O) groups is 1. The highest BCUT2D eigenvalue weighted by Gasteiger charge is 2.23. The number of hydrogen-bond donors (Lipinski definition) is 1. The van der Waals surface area contributed by atoms with Crippen LogP contribution in [0, 0.1) is 0 Å². The van der Waals surface area contributed by atoms with Crippen LogP contribution in [0.1, 0.15) is 12.8 Å². The van der Waals surface area contributed by atoms with Gasteiger partial charge in [0, 0.05) is 27.2 Å². The zero-order valence-electron chi connectivity index (χ0n) is 10.7. The predicted octanol–water partition coefficient (Wildman–Crippen LogP) is 0.0368. The third-order valence-corrected chi connectivity index (χ3v) is 4.76. The van der Waals surface area contributed by atoms with Gasteiger partial charge in [0.25, 0.3) is 0 Å². The highest BCUT2D eigenvalue weighted by atomic mass is 32.2. The van der Waals surface area contributed by atoms with Crippen LogP contribution in [0.5, 0.6) is 0 Å². The molecule has 0 aromatic carbocycles. The molecule has 0 bridgehead atoms. The van der Waals surface area contributed by atoms with E-state index in [0.717, 1.165) is 0 Å². The van der Waals surface area contributed by atoms with Crippen molar-refractivity contribution >= 4 is 16.1 Å². The highest BCUT2D eigenvalue weighted by Crippen LogP contribution is 2.13. The molecule has 0 saturated carbocycles. The second-order valence-corrected chi connectivity index (χ2v) is 6.74. The predicted molar refractivity (Wildman–Crippen MR) is 66.0 cm³/mol. The summed E-state index contributed by atoms with van der Waals surface area (Å²) in [4.78, 5) is 12.0. The summed E-state index contributed by atoms with van der Waals surface area (Å²) in [6.45, 7) is 1.04. The van der Waals surface area contributed by atoms with Gasteiger partial charge in [-0.1, -0.05) is 0 Å². The van der Waals surface area contributed by atoms with Crippen molar-refractivity contribution in [2.75, 3.05) is 39.5 Å². The molecule has 0 radical (unpaired) electrons. The second kappa shape index (κ2) is 6.35. The SMILES string of the molecule is CN(C)S(=O)(=O)CCOC1CCN(C(=O)O)CC1. The molecule has 106 valence electrons. The molecule has 1 heterocycles. The summed E-state index contributed by atoms with van der Waals surface area (Å²) in [5.74, 6) is -0.0425. The molecule has 0 spiro atoms. The van der Waals surface area contributed by atoms with Gasteiger partial charge >= 0.3 is 6.09 Å². The van der Waals surface area contributed by atoms with Crippen molar-refractivity contribution < 1.29 is 23.1 Å². The van der Waals surface area contributed by atoms with E-state index in [1.54, 1.807) is 0 Å². The third kappa shape index (κ3) is 4.43. The Balaban J connectivity index is 2.25. The summed E-state index contributed by atoms with van der Waals surface area (Å²) >= 11 is 0. The number of nitrogens with zero attached hydrogens (tertiary/aromatic N) is 2. The average Bonchev–Trinajstić information content (AvgIpc) is 2.29. The first-order valence-electron chi connectivity index (χ1n) is 5.82. The smallest absolute Gasteiger partial charge is 0.407 e. The van der Waals surface area contributed by atoms with Crippen LogP contribution in [0.2, 0.25) is 0 Å². The molecule has 1 aliphatic heterocycles. The summed E-state index contributed by atoms with van der Waals surface area (Å²) in [5.41, 5.74) is 0. The van der Waals surface area contributed by atoms with Gasteiger partial charge in [0.05, 0.1) is 18.5 Å². The van der Waals surface area contributed by atoms with Crippen molar-refractivity contribution in [2.24, 2.45) is 0 Å². The Morgan fingerprint density at radius 1 is 1.39 bits per heavy atom. The first-order valence-corrected chi connectivity index (χ1v) is 7.43. The van der Waals surface area contributed by atoms with Crippen LogP contribution in [0.15, 0.2) is 0 Å². The van der Waals surface area contributed by atoms with Gasteiger partial charge in [-0.15, -0.1) is 0 Å². The summed E-state index contributed by atoms with van der Waals surface area (Å²) < 4.78 is 29.6. The molecule has 1 N–H and O–H groups in total. The molecule has 1 amide bonds. The number of likely N-dealkylation sites (tertiary alicyclic amines) is 1. The normalized spacial score (nSPS) is 18.3. The fraction of sp³-hybridized carbons (Fsp3) is 0.900. The summed E-state index contributed by atoms with van der Waals surface area (Å²) in [6, 6.07) is 0. The van der Waals surface area contributed by atoms with E-state index in [9.17, 15) is 13.2 Å². The Bertz CT molecular complexity index is 374. The topological polar surface area (TPSA) is 87.2 Å². The van der Waals surface area contributed by atoms with Crippen LogP contribution in [-0.4, -0.2) is 74.5 Å². The highest BCUT2D eigenvalue weighted by molar-refractivity contribution is 7.89. The number of amides is 1. The van der Waals surface area contributed by atoms with E-state index < -0.39 is 16.1 Å². The molecule has 0 unspecified atom stereocenters. The summed E-state index contributed by atoms with van der Waals surface area (Å²) in [7, 11) is -0.246. The van der Waals surface area contributed by atoms with E-state index in [4.69, 9.17) is 9.84 Å². The minimum absolute atomic E-state index is 0.0425. The van der Waals surface area contributed by atoms with Gasteiger partial charge in [-0.05, 0) is 12.8 Å². The van der Waals surface area contributed by atoms with E-state index in [1.165, 1.54) is 23.3 Å². The minimum atomic E-state index is -3.22. The number of carboxylic acid groups (broad SMARTS) is 1. The van der Waals surface area contributed by atoms with Crippen molar-refractivity contribution in [1.29, 1.82) is 0 Å². The third-order valence-electron chi connectivity index (χ3n) is 2.96. The monoisotopic (exact) mass is 280 g/mol. The maximum atomic E-state index is 11.5. The van der Waals surface area contributed by atoms with E-state index in [-0.39, 0.29) is 18.5 Å². The number of sulfonamides is 1. The van der Waals surface area contributed by atoms with Gasteiger partial charge in [-0.25, -0.2) is 17.5 Å². The van der Waals surface area contributed by atoms with Gasteiger partial charge in [-0.2, -0.15) is 0 Å². The van der Waals surface area contributed by atoms with Crippen molar-refractivity contribution in [2.45, 2.75) is 18.9 Å². The molecular weight excluding hydrogens is 260 g/mol. The Kier molecular flexibility index (Phi) is 5.36. The van der Waals surface area contributed by atoms with Gasteiger partial charge in [-0.3, -0.25) is 0 Å². The molecule has 0 aromatic rings. The molecular formula is C10H20N2O5S. The lowest BCUT2D eigenvalue weighted by molar-refractivity contribution is 0.0174. The largest absolute Gasteiger partial charge is 0.465 e. The molecule has 7 nitrogen and oxygen atoms in total. The van der Waals surface area contributed by atoms with E-state index >= 15 is 0 Å². The first-order chi connectivity index (χ1) is 8.33. The van der Waals surface area contributed by atoms with Gasteiger partial charge < -0.3 is 14.7 Å². The lowest BCUT2D eigenvalue weighted by atomic mass is 10.1. The fourth-order valence-electron chi connectivity index (χ4n) is 1.72. The van der Waals surface area contributed by atoms with Gasteiger partial charge in [0.1, 0.15) is 0 Å². The van der Waals surface area contributed by atoms with Crippen molar-refractivity contribution in [3.05, 3.63) is 0 Å². The van der Waals surface area contributed by atoms with E-state index in [0.29, 0.717) is 25.9 Å². The number of ether oxygens (including phenoxy) is 1. The fourth-order valence-corrected chi connectivity index (χ4v) is 2.39. The van der Waals surface area contributed by atoms with Gasteiger partial charge in [0.2, 0.25) is 10.0 Å². The maximum absolute atomic E-state index is 11.5. The molecule has 18 heavy (non-hydrogen) atoms. The molecule has 0 aliphatic carbocycles. The standard InChI is InChI=1S/C10H20N2O5S/c1-11(2)18(15,16)8-7-17-9-3-5-12(6-4-9)10(13)14/h9H,3-8H2,1-2H3,(H,13,14). The molecule has 8 heteroatoms. The zero-order chi connectivity index (χ0) is 13.8. The van der Waals surface area contributed by atoms with Crippen LogP contribution in [0.3, 0.4) is 0 Å². The molecule has 0 atom stereocenters. The maximum Gasteiger partial charge on any atom is 0.407 e. The summed E-state index contributed by atoms with van der Waals surface area (Å²) in [6.07, 6.45) is 0.282. The van der Waals surface area contributed by atoms with E-state index in [1.807, 2.05) is 0 Å². The minimum Gasteiger partial charge on any atom is -0.465 e. The first kappa shape index (κ1) is 15.2. The summed E-state index contributed by atoms with van der Waals surface area (Å²) in [5, 5.41) is 8.77. The van der Waals surface area contributed by atoms with Crippen molar-refractivity contribution in [1.82, 2.24) is 9.21 Å². The van der Waals surface area contributed by atoms with Crippen LogP contribution < -0.4 is 0 Å². The molecule has 1 fully saturated rings. The number of hydrogen-bond acceptors (Lipinski definition) is 4. The molecule has 1 saturated heterocycles. The second-order valence-electron chi connectivity index (χ2n) is 4.44. The average molecular weight is 280 g/mol. The van der Waals surface area contributed by atoms with Crippen LogP contribution >= 0.6 is 0 Å². The van der Waals surface area contributed by atoms with Gasteiger partial charge in [0.15, 0.2) is 0 Å². The molecule has 0 aromatic heterocycles. The van der Waals surface area contributed by atoms with Crippen molar-refractivity contribution in [3.63, 3.8) is 0 Å². The Labute approximate surface area is 107 Å². The molecule has 1 aliphatic rings. The van der Waals surface area contributed by atoms with E-state index in [2.05, 4.69) is 0 Å². The lowest BCUT2D eigenvalue weighted by Crippen LogP contribution is -2.40. The lowest BCUT2D eigenvalue weighted by Gasteiger charge is -2.29. The van der Waals surface area contributed by atoms with Crippen LogP contribution in [0.4, 0.5) is 4.79 Å². The number of rotatable bonds is 5. The molecule has 1 rings (SSSR count). The zero-order valence-corrected chi connectivity index (χ0v) is 11.5. The van der Waals surface area contributed by atoms with Crippen LogP contribution in [0.25, 0.3) is 0 Å². The Hall–Kier alpha value is -0.860. The van der Waals surface area contributed by atoms with Crippen molar-refractivity contribution in [3.8, 4) is 0 Å². The number of piperidine rings is 1. The van der Waals surface area contributed by atoms with Crippen LogP contribution in [-0.2, 0) is 14.8 Å². The quantitative estimate of drug-likeness (QED) is 0.768. The Morgan fingerprint density at radius 2 is 1.94 bits per heavy atom. The Morgan fingerprint density at radius 3 is 2.39 bits per heavy atom.